The number of hydrogen-bond acceptors (Lipinski definition) is 1. The van der Waals surface area contributed by atoms with E-state index in [9.17, 15) is 0 Å². The Balaban J connectivity index is 4.00. The van der Waals surface area contributed by atoms with Crippen molar-refractivity contribution >= 4 is 0 Å². The molecule has 0 spiro atoms. The second kappa shape index (κ2) is 5.43. The summed E-state index contributed by atoms with van der Waals surface area (Å²) in [6.45, 7) is 13.0. The van der Waals surface area contributed by atoms with Crippen LogP contribution in [0.1, 0.15) is 40.5 Å². The van der Waals surface area contributed by atoms with Gasteiger partial charge in [0.05, 0.1) is 0 Å². The fourth-order valence-electron chi connectivity index (χ4n) is 1.31. The highest BCUT2D eigenvalue weighted by molar-refractivity contribution is 4.81. The van der Waals surface area contributed by atoms with Crippen LogP contribution in [0.4, 0.5) is 0 Å². The Hall–Kier alpha value is -0.300. The monoisotopic (exact) mass is 183 g/mol. The molecule has 1 N–H and O–H groups in total. The van der Waals surface area contributed by atoms with E-state index in [1.807, 2.05) is 13.1 Å². The van der Waals surface area contributed by atoms with Crippen LogP contribution < -0.4 is 5.32 Å². The molecule has 0 radical (unpaired) electrons. The Bertz CT molecular complexity index is 144. The van der Waals surface area contributed by atoms with Crippen molar-refractivity contribution in [3.8, 4) is 0 Å². The van der Waals surface area contributed by atoms with Gasteiger partial charge in [0.2, 0.25) is 0 Å². The van der Waals surface area contributed by atoms with E-state index in [-0.39, 0.29) is 0 Å². The maximum absolute atomic E-state index is 3.78. The van der Waals surface area contributed by atoms with Gasteiger partial charge in [-0.2, -0.15) is 0 Å². The van der Waals surface area contributed by atoms with Crippen LogP contribution in [0.3, 0.4) is 0 Å². The molecule has 0 aromatic carbocycles. The van der Waals surface area contributed by atoms with Gasteiger partial charge >= 0.3 is 0 Å². The molecule has 0 saturated carbocycles. The lowest BCUT2D eigenvalue weighted by Gasteiger charge is -2.30. The topological polar surface area (TPSA) is 12.0 Å². The third kappa shape index (κ3) is 5.09. The van der Waals surface area contributed by atoms with Crippen LogP contribution >= 0.6 is 0 Å². The van der Waals surface area contributed by atoms with Gasteiger partial charge in [0.1, 0.15) is 0 Å². The number of nitrogens with one attached hydrogen (secondary N) is 1. The summed E-state index contributed by atoms with van der Waals surface area (Å²) in [4.78, 5) is 0. The van der Waals surface area contributed by atoms with Crippen molar-refractivity contribution in [1.29, 1.82) is 0 Å². The SMILES string of the molecule is C=CCC(CC(C)C(C)(C)C)NC. The molecule has 0 rings (SSSR count). The molecule has 0 aromatic heterocycles. The van der Waals surface area contributed by atoms with Gasteiger partial charge in [0.25, 0.3) is 0 Å². The van der Waals surface area contributed by atoms with Gasteiger partial charge in [-0.25, -0.2) is 0 Å². The summed E-state index contributed by atoms with van der Waals surface area (Å²) in [5.74, 6) is 0.741. The standard InChI is InChI=1S/C12H25N/c1-7-8-11(13-6)9-10(2)12(3,4)5/h7,10-11,13H,1,8-9H2,2-6H3. The highest BCUT2D eigenvalue weighted by atomic mass is 14.9. The van der Waals surface area contributed by atoms with E-state index < -0.39 is 0 Å². The van der Waals surface area contributed by atoms with Gasteiger partial charge in [0, 0.05) is 6.04 Å². The maximum atomic E-state index is 3.78. The van der Waals surface area contributed by atoms with Crippen molar-refractivity contribution in [2.45, 2.75) is 46.6 Å². The minimum atomic E-state index is 0.413. The molecular formula is C12H25N. The van der Waals surface area contributed by atoms with Crippen LogP contribution in [0, 0.1) is 11.3 Å². The maximum Gasteiger partial charge on any atom is 0.0101 e. The van der Waals surface area contributed by atoms with Crippen LogP contribution in [0.5, 0.6) is 0 Å². The predicted octanol–water partition coefficient (Wildman–Crippen LogP) is 3.22. The predicted molar refractivity (Wildman–Crippen MR) is 60.9 cm³/mol. The average Bonchev–Trinajstić information content (AvgIpc) is 2.01. The lowest BCUT2D eigenvalue weighted by molar-refractivity contribution is 0.225. The summed E-state index contributed by atoms with van der Waals surface area (Å²) in [5.41, 5.74) is 0.413. The molecule has 78 valence electrons. The first-order valence-corrected chi connectivity index (χ1v) is 5.20. The normalized spacial score (nSPS) is 16.7. The molecule has 0 aliphatic heterocycles. The summed E-state index contributed by atoms with van der Waals surface area (Å²) in [6.07, 6.45) is 4.29. The lowest BCUT2D eigenvalue weighted by Crippen LogP contribution is -2.30. The minimum Gasteiger partial charge on any atom is -0.317 e. The molecule has 13 heavy (non-hydrogen) atoms. The molecule has 2 atom stereocenters. The quantitative estimate of drug-likeness (QED) is 0.645. The molecule has 0 aliphatic rings. The molecule has 0 amide bonds. The molecule has 0 aromatic rings. The number of rotatable bonds is 5. The summed E-state index contributed by atoms with van der Waals surface area (Å²) in [7, 11) is 2.03. The minimum absolute atomic E-state index is 0.413. The van der Waals surface area contributed by atoms with E-state index >= 15 is 0 Å². The van der Waals surface area contributed by atoms with E-state index in [0.29, 0.717) is 11.5 Å². The lowest BCUT2D eigenvalue weighted by atomic mass is 9.78. The van der Waals surface area contributed by atoms with Gasteiger partial charge in [-0.1, -0.05) is 33.8 Å². The van der Waals surface area contributed by atoms with Crippen molar-refractivity contribution < 1.29 is 0 Å². The zero-order valence-corrected chi connectivity index (χ0v) is 9.85. The van der Waals surface area contributed by atoms with Crippen molar-refractivity contribution in [3.63, 3.8) is 0 Å². The van der Waals surface area contributed by atoms with Crippen molar-refractivity contribution in [2.24, 2.45) is 11.3 Å². The third-order valence-corrected chi connectivity index (χ3v) is 2.98. The second-order valence-corrected chi connectivity index (χ2v) is 5.01. The molecule has 0 aliphatic carbocycles. The van der Waals surface area contributed by atoms with E-state index in [0.717, 1.165) is 12.3 Å². The Morgan fingerprint density at radius 3 is 2.23 bits per heavy atom. The first kappa shape index (κ1) is 12.7. The van der Waals surface area contributed by atoms with Crippen LogP contribution in [0.25, 0.3) is 0 Å². The molecule has 1 nitrogen and oxygen atoms in total. The Morgan fingerprint density at radius 1 is 1.38 bits per heavy atom. The van der Waals surface area contributed by atoms with Gasteiger partial charge in [-0.05, 0) is 31.2 Å². The zero-order chi connectivity index (χ0) is 10.5. The van der Waals surface area contributed by atoms with Crippen molar-refractivity contribution in [3.05, 3.63) is 12.7 Å². The first-order valence-electron chi connectivity index (χ1n) is 5.20. The molecule has 0 fully saturated rings. The summed E-state index contributed by atoms with van der Waals surface area (Å²) in [5, 5.41) is 3.33. The Morgan fingerprint density at radius 2 is 1.92 bits per heavy atom. The van der Waals surface area contributed by atoms with E-state index in [1.165, 1.54) is 6.42 Å². The molecule has 2 unspecified atom stereocenters. The first-order chi connectivity index (χ1) is 5.91. The fourth-order valence-corrected chi connectivity index (χ4v) is 1.31. The van der Waals surface area contributed by atoms with Gasteiger partial charge in [-0.15, -0.1) is 6.58 Å². The summed E-state index contributed by atoms with van der Waals surface area (Å²) >= 11 is 0. The van der Waals surface area contributed by atoms with E-state index in [2.05, 4.69) is 39.6 Å². The van der Waals surface area contributed by atoms with E-state index in [1.54, 1.807) is 0 Å². The summed E-state index contributed by atoms with van der Waals surface area (Å²) < 4.78 is 0. The largest absolute Gasteiger partial charge is 0.317 e. The number of hydrogen-bond donors (Lipinski definition) is 1. The Labute approximate surface area is 83.6 Å². The molecular weight excluding hydrogens is 158 g/mol. The zero-order valence-electron chi connectivity index (χ0n) is 9.85. The third-order valence-electron chi connectivity index (χ3n) is 2.98. The second-order valence-electron chi connectivity index (χ2n) is 5.01. The van der Waals surface area contributed by atoms with E-state index in [4.69, 9.17) is 0 Å². The van der Waals surface area contributed by atoms with Crippen molar-refractivity contribution in [1.82, 2.24) is 5.32 Å². The smallest absolute Gasteiger partial charge is 0.0101 e. The van der Waals surface area contributed by atoms with Gasteiger partial charge in [-0.3, -0.25) is 0 Å². The highest BCUT2D eigenvalue weighted by Gasteiger charge is 2.22. The van der Waals surface area contributed by atoms with Crippen LogP contribution in [-0.4, -0.2) is 13.1 Å². The highest BCUT2D eigenvalue weighted by Crippen LogP contribution is 2.29. The van der Waals surface area contributed by atoms with Crippen LogP contribution in [0.15, 0.2) is 12.7 Å². The Kier molecular flexibility index (Phi) is 5.31. The fraction of sp³-hybridized carbons (Fsp3) is 0.833. The summed E-state index contributed by atoms with van der Waals surface area (Å²) in [6, 6.07) is 0.590. The van der Waals surface area contributed by atoms with Crippen LogP contribution in [-0.2, 0) is 0 Å². The van der Waals surface area contributed by atoms with Crippen molar-refractivity contribution in [2.75, 3.05) is 7.05 Å². The average molecular weight is 183 g/mol. The van der Waals surface area contributed by atoms with Gasteiger partial charge in [0.15, 0.2) is 0 Å². The van der Waals surface area contributed by atoms with Crippen LogP contribution in [0.2, 0.25) is 0 Å². The molecule has 0 heterocycles. The van der Waals surface area contributed by atoms with Gasteiger partial charge < -0.3 is 5.32 Å². The molecule has 0 saturated heterocycles. The molecule has 0 bridgehead atoms. The molecule has 1 heteroatoms.